The molecular formula is C7H11FN2O. The van der Waals surface area contributed by atoms with Crippen molar-refractivity contribution in [2.45, 2.75) is 25.1 Å². The number of halogens is 1. The number of alkyl halides is 1. The molecule has 0 radical (unpaired) electrons. The summed E-state index contributed by atoms with van der Waals surface area (Å²) in [5.74, 6) is -0.131. The van der Waals surface area contributed by atoms with Crippen molar-refractivity contribution >= 4 is 12.1 Å². The summed E-state index contributed by atoms with van der Waals surface area (Å²) in [6.45, 7) is 0. The van der Waals surface area contributed by atoms with Crippen LogP contribution in [0.4, 0.5) is 4.39 Å². The number of carbonyl (C=O) groups excluding carboxylic acids is 1. The highest BCUT2D eigenvalue weighted by molar-refractivity contribution is 5.84. The van der Waals surface area contributed by atoms with E-state index < -0.39 is 6.17 Å². The molecule has 0 saturated heterocycles. The Hall–Kier alpha value is -0.930. The number of amides is 1. The van der Waals surface area contributed by atoms with E-state index in [4.69, 9.17) is 0 Å². The highest BCUT2D eigenvalue weighted by Crippen LogP contribution is 2.12. The molecule has 0 aromatic heterocycles. The summed E-state index contributed by atoms with van der Waals surface area (Å²) in [6, 6.07) is -0.369. The lowest BCUT2D eigenvalue weighted by molar-refractivity contribution is -0.122. The van der Waals surface area contributed by atoms with Gasteiger partial charge < -0.3 is 5.32 Å². The average Bonchev–Trinajstić information content (AvgIpc) is 2.05. The Labute approximate surface area is 64.7 Å². The Balaban J connectivity index is 2.50. The lowest BCUT2D eigenvalue weighted by atomic mass is 10.1. The fraction of sp³-hybridized carbons (Fsp3) is 0.714. The second-order valence-corrected chi connectivity index (χ2v) is 2.52. The van der Waals surface area contributed by atoms with E-state index in [1.165, 1.54) is 6.21 Å². The quantitative estimate of drug-likeness (QED) is 0.586. The molecule has 1 N–H and O–H groups in total. The molecule has 0 spiro atoms. The smallest absolute Gasteiger partial charge is 0.244 e. The molecule has 4 heteroatoms. The van der Waals surface area contributed by atoms with Crippen LogP contribution in [0.3, 0.4) is 0 Å². The van der Waals surface area contributed by atoms with Crippen LogP contribution < -0.4 is 5.32 Å². The number of hydrogen-bond donors (Lipinski definition) is 1. The molecular weight excluding hydrogens is 147 g/mol. The number of likely N-dealkylation sites (N-methyl/N-ethyl adjacent to an activating group) is 1. The fourth-order valence-electron chi connectivity index (χ4n) is 1.03. The normalized spacial score (nSPS) is 30.0. The molecule has 1 heterocycles. The molecule has 0 aromatic carbocycles. The second-order valence-electron chi connectivity index (χ2n) is 2.52. The molecule has 1 rings (SSSR count). The Kier molecular flexibility index (Phi) is 2.57. The Bertz CT molecular complexity index is 181. The third-order valence-electron chi connectivity index (χ3n) is 1.69. The second kappa shape index (κ2) is 3.46. The maximum absolute atomic E-state index is 12.4. The maximum atomic E-state index is 12.4. The zero-order valence-electron chi connectivity index (χ0n) is 6.38. The lowest BCUT2D eigenvalue weighted by Crippen LogP contribution is -2.33. The van der Waals surface area contributed by atoms with E-state index in [0.717, 1.165) is 0 Å². The number of nitrogens with zero attached hydrogens (tertiary/aromatic N) is 1. The Morgan fingerprint density at radius 1 is 1.73 bits per heavy atom. The highest BCUT2D eigenvalue weighted by Gasteiger charge is 2.21. The number of aliphatic imine (C=N–C) groups is 1. The first kappa shape index (κ1) is 8.17. The molecule has 11 heavy (non-hydrogen) atoms. The summed E-state index contributed by atoms with van der Waals surface area (Å²) in [6.07, 6.45) is 1.17. The summed E-state index contributed by atoms with van der Waals surface area (Å²) in [5, 5.41) is 2.47. The van der Waals surface area contributed by atoms with Crippen LogP contribution in [0.1, 0.15) is 12.8 Å². The van der Waals surface area contributed by atoms with Crippen LogP contribution in [-0.4, -0.2) is 31.4 Å². The van der Waals surface area contributed by atoms with Crippen molar-refractivity contribution in [2.24, 2.45) is 4.99 Å². The molecule has 0 bridgehead atoms. The number of rotatable bonds is 1. The molecule has 0 saturated carbocycles. The summed E-state index contributed by atoms with van der Waals surface area (Å²) in [5.41, 5.74) is 0. The summed E-state index contributed by atoms with van der Waals surface area (Å²) in [4.78, 5) is 14.7. The molecule has 2 atom stereocenters. The van der Waals surface area contributed by atoms with Gasteiger partial charge in [0.2, 0.25) is 5.91 Å². The minimum atomic E-state index is -0.962. The number of nitrogens with one attached hydrogen (secondary N) is 1. The first-order valence-electron chi connectivity index (χ1n) is 3.63. The van der Waals surface area contributed by atoms with E-state index in [2.05, 4.69) is 10.3 Å². The van der Waals surface area contributed by atoms with Gasteiger partial charge in [0, 0.05) is 13.3 Å². The van der Waals surface area contributed by atoms with E-state index in [1.54, 1.807) is 7.05 Å². The van der Waals surface area contributed by atoms with Gasteiger partial charge in [0.1, 0.15) is 12.2 Å². The van der Waals surface area contributed by atoms with Gasteiger partial charge in [-0.15, -0.1) is 0 Å². The summed E-state index contributed by atoms with van der Waals surface area (Å²) in [7, 11) is 1.55. The predicted octanol–water partition coefficient (Wildman–Crippen LogP) is 0.304. The standard InChI is InChI=1S/C7H11FN2O/c1-9-7(11)6-3-2-5(8)4-10-6/h4-6H,2-3H2,1H3,(H,9,11)/t5-,6?/m0/s1. The zero-order valence-corrected chi connectivity index (χ0v) is 6.38. The van der Waals surface area contributed by atoms with Crippen LogP contribution >= 0.6 is 0 Å². The zero-order chi connectivity index (χ0) is 8.27. The van der Waals surface area contributed by atoms with Crippen LogP contribution in [0, 0.1) is 0 Å². The number of carbonyl (C=O) groups is 1. The van der Waals surface area contributed by atoms with Crippen molar-refractivity contribution in [3.63, 3.8) is 0 Å². The Morgan fingerprint density at radius 2 is 2.45 bits per heavy atom. The van der Waals surface area contributed by atoms with Crippen LogP contribution in [0.5, 0.6) is 0 Å². The van der Waals surface area contributed by atoms with Crippen molar-refractivity contribution in [1.29, 1.82) is 0 Å². The largest absolute Gasteiger partial charge is 0.357 e. The third kappa shape index (κ3) is 2.00. The molecule has 1 aliphatic rings. The van der Waals surface area contributed by atoms with Gasteiger partial charge in [0.25, 0.3) is 0 Å². The minimum absolute atomic E-state index is 0.131. The lowest BCUT2D eigenvalue weighted by Gasteiger charge is -2.15. The van der Waals surface area contributed by atoms with Gasteiger partial charge in [-0.25, -0.2) is 4.39 Å². The van der Waals surface area contributed by atoms with Gasteiger partial charge in [-0.05, 0) is 12.8 Å². The fourth-order valence-corrected chi connectivity index (χ4v) is 1.03. The molecule has 1 aliphatic heterocycles. The van der Waals surface area contributed by atoms with Crippen LogP contribution in [0.2, 0.25) is 0 Å². The van der Waals surface area contributed by atoms with E-state index in [-0.39, 0.29) is 11.9 Å². The van der Waals surface area contributed by atoms with E-state index in [1.807, 2.05) is 0 Å². The van der Waals surface area contributed by atoms with Crippen LogP contribution in [0.25, 0.3) is 0 Å². The van der Waals surface area contributed by atoms with Gasteiger partial charge >= 0.3 is 0 Å². The highest BCUT2D eigenvalue weighted by atomic mass is 19.1. The summed E-state index contributed by atoms with van der Waals surface area (Å²) >= 11 is 0. The minimum Gasteiger partial charge on any atom is -0.357 e. The van der Waals surface area contributed by atoms with Crippen molar-refractivity contribution in [3.05, 3.63) is 0 Å². The van der Waals surface area contributed by atoms with Gasteiger partial charge in [0.15, 0.2) is 0 Å². The summed E-state index contributed by atoms with van der Waals surface area (Å²) < 4.78 is 12.4. The van der Waals surface area contributed by atoms with E-state index in [9.17, 15) is 9.18 Å². The molecule has 0 aliphatic carbocycles. The molecule has 3 nitrogen and oxygen atoms in total. The van der Waals surface area contributed by atoms with Crippen molar-refractivity contribution in [2.75, 3.05) is 7.05 Å². The number of hydrogen-bond acceptors (Lipinski definition) is 2. The van der Waals surface area contributed by atoms with E-state index in [0.29, 0.717) is 12.8 Å². The third-order valence-corrected chi connectivity index (χ3v) is 1.69. The van der Waals surface area contributed by atoms with Gasteiger partial charge in [0.05, 0.1) is 0 Å². The molecule has 62 valence electrons. The topological polar surface area (TPSA) is 41.5 Å². The van der Waals surface area contributed by atoms with Gasteiger partial charge in [-0.3, -0.25) is 9.79 Å². The van der Waals surface area contributed by atoms with Gasteiger partial charge in [-0.2, -0.15) is 0 Å². The monoisotopic (exact) mass is 158 g/mol. The first-order chi connectivity index (χ1) is 5.24. The van der Waals surface area contributed by atoms with Crippen molar-refractivity contribution < 1.29 is 9.18 Å². The van der Waals surface area contributed by atoms with Crippen LogP contribution in [0.15, 0.2) is 4.99 Å². The average molecular weight is 158 g/mol. The SMILES string of the molecule is CNC(=O)C1CC[C@H](F)C=N1. The van der Waals surface area contributed by atoms with Gasteiger partial charge in [-0.1, -0.05) is 0 Å². The molecule has 1 unspecified atom stereocenters. The predicted molar refractivity (Wildman–Crippen MR) is 40.5 cm³/mol. The van der Waals surface area contributed by atoms with Crippen molar-refractivity contribution in [1.82, 2.24) is 5.32 Å². The van der Waals surface area contributed by atoms with Crippen LogP contribution in [-0.2, 0) is 4.79 Å². The molecule has 0 fully saturated rings. The van der Waals surface area contributed by atoms with Crippen molar-refractivity contribution in [3.8, 4) is 0 Å². The molecule has 1 amide bonds. The first-order valence-corrected chi connectivity index (χ1v) is 3.63. The maximum Gasteiger partial charge on any atom is 0.244 e. The Morgan fingerprint density at radius 3 is 2.91 bits per heavy atom. The van der Waals surface area contributed by atoms with E-state index >= 15 is 0 Å². The molecule has 0 aromatic rings.